The normalized spacial score (nSPS) is 11.4. The van der Waals surface area contributed by atoms with Crippen molar-refractivity contribution in [2.45, 2.75) is 33.4 Å². The van der Waals surface area contributed by atoms with Crippen LogP contribution >= 0.6 is 11.3 Å². The molecule has 0 spiro atoms. The Morgan fingerprint density at radius 1 is 1.07 bits per heavy atom. The summed E-state index contributed by atoms with van der Waals surface area (Å²) in [7, 11) is 1.99. The Labute approximate surface area is 165 Å². The third-order valence-electron chi connectivity index (χ3n) is 4.00. The Hall–Kier alpha value is -2.37. The van der Waals surface area contributed by atoms with Crippen LogP contribution < -0.4 is 14.8 Å². The number of hydrogen-bond donors (Lipinski definition) is 1. The van der Waals surface area contributed by atoms with Gasteiger partial charge in [-0.1, -0.05) is 12.1 Å². The summed E-state index contributed by atoms with van der Waals surface area (Å²) in [6.07, 6.45) is 0.750. The molecule has 4 nitrogen and oxygen atoms in total. The van der Waals surface area contributed by atoms with E-state index in [2.05, 4.69) is 36.5 Å². The summed E-state index contributed by atoms with van der Waals surface area (Å²) in [6.45, 7) is 6.85. The third-order valence-corrected chi connectivity index (χ3v) is 5.28. The third kappa shape index (κ3) is 6.08. The van der Waals surface area contributed by atoms with Crippen molar-refractivity contribution < 1.29 is 14.3 Å². The maximum Gasteiger partial charge on any atom is 0.120 e. The molecule has 0 fully saturated rings. The van der Waals surface area contributed by atoms with Crippen LogP contribution in [0.5, 0.6) is 11.5 Å². The van der Waals surface area contributed by atoms with E-state index in [1.165, 1.54) is 27.5 Å². The lowest BCUT2D eigenvalue weighted by atomic mass is 10.1. The van der Waals surface area contributed by atoms with Crippen LogP contribution in [0.4, 0.5) is 0 Å². The van der Waals surface area contributed by atoms with Gasteiger partial charge in [-0.25, -0.2) is 0 Å². The Morgan fingerprint density at radius 2 is 1.70 bits per heavy atom. The first-order valence-electron chi connectivity index (χ1n) is 9.06. The second-order valence-corrected chi connectivity index (χ2v) is 7.08. The summed E-state index contributed by atoms with van der Waals surface area (Å²) in [6, 6.07) is 16.9. The second kappa shape index (κ2) is 10.7. The first kappa shape index (κ1) is 20.9. The van der Waals surface area contributed by atoms with E-state index in [1.54, 1.807) is 0 Å². The van der Waals surface area contributed by atoms with Crippen LogP contribution in [0.2, 0.25) is 0 Å². The number of ether oxygens (including phenoxy) is 2. The summed E-state index contributed by atoms with van der Waals surface area (Å²) in [5.74, 6) is 1.73. The molecule has 0 radical (unpaired) electrons. The first-order valence-corrected chi connectivity index (χ1v) is 9.88. The summed E-state index contributed by atoms with van der Waals surface area (Å²) < 4.78 is 12.6. The van der Waals surface area contributed by atoms with E-state index in [0.29, 0.717) is 19.3 Å². The maximum absolute atomic E-state index is 8.81. The Bertz CT molecular complexity index is 842. The van der Waals surface area contributed by atoms with Crippen molar-refractivity contribution in [1.29, 1.82) is 0 Å². The first-order chi connectivity index (χ1) is 13.1. The van der Waals surface area contributed by atoms with Crippen LogP contribution in [0.25, 0.3) is 10.1 Å². The van der Waals surface area contributed by atoms with Gasteiger partial charge in [-0.15, -0.1) is 11.3 Å². The number of carbonyl (C=O) groups excluding carboxylic acids is 1. The van der Waals surface area contributed by atoms with Crippen LogP contribution in [-0.4, -0.2) is 19.9 Å². The van der Waals surface area contributed by atoms with Gasteiger partial charge in [0.2, 0.25) is 0 Å². The molecule has 2 aromatic carbocycles. The fourth-order valence-electron chi connectivity index (χ4n) is 2.51. The number of thiophene rings is 1. The van der Waals surface area contributed by atoms with Gasteiger partial charge in [-0.2, -0.15) is 0 Å². The average Bonchev–Trinajstić information content (AvgIpc) is 3.11. The highest BCUT2D eigenvalue weighted by Crippen LogP contribution is 2.30. The summed E-state index contributed by atoms with van der Waals surface area (Å²) in [4.78, 5) is 10.2. The minimum Gasteiger partial charge on any atom is -0.494 e. The van der Waals surface area contributed by atoms with Gasteiger partial charge in [0, 0.05) is 15.6 Å². The van der Waals surface area contributed by atoms with Crippen molar-refractivity contribution in [2.24, 2.45) is 0 Å². The Balaban J connectivity index is 0.000000817. The van der Waals surface area contributed by atoms with Gasteiger partial charge in [0.1, 0.15) is 24.4 Å². The van der Waals surface area contributed by atoms with E-state index >= 15 is 0 Å². The molecule has 0 saturated carbocycles. The van der Waals surface area contributed by atoms with E-state index in [0.717, 1.165) is 17.8 Å². The van der Waals surface area contributed by atoms with E-state index in [-0.39, 0.29) is 0 Å². The van der Waals surface area contributed by atoms with E-state index in [4.69, 9.17) is 14.3 Å². The lowest BCUT2D eigenvalue weighted by Gasteiger charge is -2.08. The number of fused-ring (bicyclic) bond motifs is 1. The standard InChI is InChI=1S/C20H23NO2S.C2H4O/c1-4-22-17-7-9-18(10-8-17)23-13-15-5-6-16-12-19(14(2)21-3)24-20(16)11-15;1-2-3/h5-12,14,21H,4,13H2,1-3H3;2H,1H3. The molecule has 1 aromatic heterocycles. The predicted octanol–water partition coefficient (Wildman–Crippen LogP) is 5.36. The highest BCUT2D eigenvalue weighted by Gasteiger charge is 2.08. The molecule has 3 aromatic rings. The summed E-state index contributed by atoms with van der Waals surface area (Å²) >= 11 is 1.84. The number of aldehydes is 1. The molecule has 1 N–H and O–H groups in total. The molecule has 0 aliphatic rings. The largest absolute Gasteiger partial charge is 0.494 e. The van der Waals surface area contributed by atoms with Gasteiger partial charge < -0.3 is 19.6 Å². The molecule has 0 bridgehead atoms. The number of nitrogens with one attached hydrogen (secondary N) is 1. The van der Waals surface area contributed by atoms with Crippen molar-refractivity contribution in [3.63, 3.8) is 0 Å². The molecule has 1 unspecified atom stereocenters. The molecule has 5 heteroatoms. The van der Waals surface area contributed by atoms with Crippen molar-refractivity contribution >= 4 is 27.7 Å². The molecule has 1 atom stereocenters. The van der Waals surface area contributed by atoms with Gasteiger partial charge in [0.05, 0.1) is 6.61 Å². The molecule has 144 valence electrons. The Morgan fingerprint density at radius 3 is 2.30 bits per heavy atom. The minimum absolute atomic E-state index is 0.381. The van der Waals surface area contributed by atoms with Gasteiger partial charge in [0.15, 0.2) is 0 Å². The predicted molar refractivity (Wildman–Crippen MR) is 113 cm³/mol. The van der Waals surface area contributed by atoms with Crippen molar-refractivity contribution in [1.82, 2.24) is 5.32 Å². The fraction of sp³-hybridized carbons (Fsp3) is 0.318. The fourth-order valence-corrected chi connectivity index (χ4v) is 3.70. The molecule has 3 rings (SSSR count). The van der Waals surface area contributed by atoms with Crippen LogP contribution in [-0.2, 0) is 11.4 Å². The van der Waals surface area contributed by atoms with E-state index in [1.807, 2.05) is 49.6 Å². The molecule has 0 saturated heterocycles. The zero-order valence-electron chi connectivity index (χ0n) is 16.3. The number of carbonyl (C=O) groups is 1. The average molecular weight is 386 g/mol. The smallest absolute Gasteiger partial charge is 0.120 e. The van der Waals surface area contributed by atoms with E-state index in [9.17, 15) is 0 Å². The molecule has 0 amide bonds. The van der Waals surface area contributed by atoms with Crippen LogP contribution in [0.15, 0.2) is 48.5 Å². The molecule has 0 aliphatic heterocycles. The summed E-state index contributed by atoms with van der Waals surface area (Å²) in [5.41, 5.74) is 1.18. The molecular weight excluding hydrogens is 358 g/mol. The molecule has 27 heavy (non-hydrogen) atoms. The molecule has 0 aliphatic carbocycles. The van der Waals surface area contributed by atoms with Gasteiger partial charge in [-0.05, 0) is 75.2 Å². The second-order valence-electron chi connectivity index (χ2n) is 5.96. The quantitative estimate of drug-likeness (QED) is 0.556. The summed E-state index contributed by atoms with van der Waals surface area (Å²) in [5, 5.41) is 4.59. The Kier molecular flexibility index (Phi) is 8.30. The zero-order valence-corrected chi connectivity index (χ0v) is 17.1. The highest BCUT2D eigenvalue weighted by atomic mass is 32.1. The monoisotopic (exact) mass is 385 g/mol. The highest BCUT2D eigenvalue weighted by molar-refractivity contribution is 7.19. The van der Waals surface area contributed by atoms with Gasteiger partial charge in [-0.3, -0.25) is 0 Å². The van der Waals surface area contributed by atoms with Crippen molar-refractivity contribution in [2.75, 3.05) is 13.7 Å². The van der Waals surface area contributed by atoms with Crippen molar-refractivity contribution in [3.05, 3.63) is 59.0 Å². The van der Waals surface area contributed by atoms with Gasteiger partial charge >= 0.3 is 0 Å². The topological polar surface area (TPSA) is 47.6 Å². The SMILES string of the molecule is CC=O.CCOc1ccc(OCc2ccc3cc(C(C)NC)sc3c2)cc1. The lowest BCUT2D eigenvalue weighted by Crippen LogP contribution is -2.10. The van der Waals surface area contributed by atoms with Gasteiger partial charge in [0.25, 0.3) is 0 Å². The molecule has 1 heterocycles. The lowest BCUT2D eigenvalue weighted by molar-refractivity contribution is -0.106. The maximum atomic E-state index is 8.81. The number of hydrogen-bond acceptors (Lipinski definition) is 5. The van der Waals surface area contributed by atoms with E-state index < -0.39 is 0 Å². The van der Waals surface area contributed by atoms with Crippen LogP contribution in [0, 0.1) is 0 Å². The number of rotatable bonds is 7. The van der Waals surface area contributed by atoms with Crippen LogP contribution in [0.3, 0.4) is 0 Å². The zero-order chi connectivity index (χ0) is 19.6. The van der Waals surface area contributed by atoms with Crippen LogP contribution in [0.1, 0.15) is 37.3 Å². The number of benzene rings is 2. The molecular formula is C22H27NO3S. The van der Waals surface area contributed by atoms with Crippen molar-refractivity contribution in [3.8, 4) is 11.5 Å². The minimum atomic E-state index is 0.381.